The normalized spacial score (nSPS) is 15.6. The van der Waals surface area contributed by atoms with Gasteiger partial charge in [-0.1, -0.05) is 37.3 Å². The molecule has 1 unspecified atom stereocenters. The van der Waals surface area contributed by atoms with E-state index in [-0.39, 0.29) is 30.6 Å². The lowest BCUT2D eigenvalue weighted by molar-refractivity contribution is -0.935. The molecule has 0 radical (unpaired) electrons. The largest absolute Gasteiger partial charge is 0.497 e. The van der Waals surface area contributed by atoms with Crippen LogP contribution < -0.4 is 10.1 Å². The van der Waals surface area contributed by atoms with Gasteiger partial charge in [-0.3, -0.25) is 4.79 Å². The molecule has 0 saturated carbocycles. The van der Waals surface area contributed by atoms with Crippen LogP contribution in [0.2, 0.25) is 0 Å². The molecule has 1 heterocycles. The summed E-state index contributed by atoms with van der Waals surface area (Å²) in [4.78, 5) is 39.7. The average molecular weight is 526 g/mol. The van der Waals surface area contributed by atoms with Gasteiger partial charge in [0.1, 0.15) is 12.4 Å². The highest BCUT2D eigenvalue weighted by Gasteiger charge is 2.44. The third-order valence-electron chi connectivity index (χ3n) is 7.37. The van der Waals surface area contributed by atoms with Gasteiger partial charge in [0.2, 0.25) is 0 Å². The van der Waals surface area contributed by atoms with E-state index in [0.717, 1.165) is 50.8 Å². The number of carbonyl (C=O) groups is 3. The van der Waals surface area contributed by atoms with Gasteiger partial charge in [-0.2, -0.15) is 0 Å². The summed E-state index contributed by atoms with van der Waals surface area (Å²) in [6, 6.07) is 12.5. The molecule has 3 rings (SSSR count). The number of quaternary nitrogens is 1. The topological polar surface area (TPSA) is 90.9 Å². The maximum absolute atomic E-state index is 14.0. The quantitative estimate of drug-likeness (QED) is 0.327. The Bertz CT molecular complexity index is 1090. The molecule has 8 nitrogen and oxygen atoms in total. The summed E-state index contributed by atoms with van der Waals surface area (Å²) in [6.45, 7) is 5.65. The Labute approximate surface area is 225 Å². The maximum Gasteiger partial charge on any atom is 0.362 e. The highest BCUT2D eigenvalue weighted by molar-refractivity contribution is 6.03. The van der Waals surface area contributed by atoms with E-state index in [1.807, 2.05) is 44.2 Å². The van der Waals surface area contributed by atoms with E-state index in [9.17, 15) is 14.4 Å². The SMILES string of the molecule is CCCC(C(=O)Nc1c(C)cc(OC)cc1C(=O)OC)[N+]1(CC(=O)OCc2ccccc2)CCCCCC1. The Hall–Kier alpha value is -3.39. The first kappa shape index (κ1) is 29.2. The van der Waals surface area contributed by atoms with Crippen molar-refractivity contribution in [2.45, 2.75) is 65.0 Å². The van der Waals surface area contributed by atoms with Crippen LogP contribution in [-0.2, 0) is 25.7 Å². The molecule has 38 heavy (non-hydrogen) atoms. The van der Waals surface area contributed by atoms with Crippen molar-refractivity contribution in [1.29, 1.82) is 0 Å². The molecule has 1 atom stereocenters. The summed E-state index contributed by atoms with van der Waals surface area (Å²) < 4.78 is 16.3. The van der Waals surface area contributed by atoms with E-state index >= 15 is 0 Å². The Balaban J connectivity index is 1.90. The fourth-order valence-electron chi connectivity index (χ4n) is 5.38. The minimum atomic E-state index is -0.558. The predicted molar refractivity (Wildman–Crippen MR) is 146 cm³/mol. The highest BCUT2D eigenvalue weighted by atomic mass is 16.5. The van der Waals surface area contributed by atoms with Crippen molar-refractivity contribution >= 4 is 23.5 Å². The molecular weight excluding hydrogens is 484 g/mol. The first-order chi connectivity index (χ1) is 18.3. The number of nitrogens with zero attached hydrogens (tertiary/aromatic N) is 1. The monoisotopic (exact) mass is 525 g/mol. The lowest BCUT2D eigenvalue weighted by Gasteiger charge is -2.42. The second-order valence-electron chi connectivity index (χ2n) is 10.0. The molecule has 206 valence electrons. The molecule has 0 bridgehead atoms. The summed E-state index contributed by atoms with van der Waals surface area (Å²) in [5.74, 6) is -0.566. The zero-order chi connectivity index (χ0) is 27.5. The average Bonchev–Trinajstić information content (AvgIpc) is 3.17. The number of esters is 2. The van der Waals surface area contributed by atoms with Crippen LogP contribution in [0.25, 0.3) is 0 Å². The van der Waals surface area contributed by atoms with E-state index in [4.69, 9.17) is 14.2 Å². The standard InChI is InChI=1S/C30H40N2O6/c1-5-13-26(29(34)31-28-22(2)18-24(36-3)19-25(28)30(35)37-4)32(16-11-6-7-12-17-32)20-27(33)38-21-23-14-9-8-10-15-23/h8-10,14-15,18-19,26H,5-7,11-13,16-17,20-21H2,1-4H3/p+1. The number of ether oxygens (including phenoxy) is 3. The van der Waals surface area contributed by atoms with Gasteiger partial charge in [0.25, 0.3) is 5.91 Å². The molecule has 8 heteroatoms. The number of methoxy groups -OCH3 is 2. The molecule has 1 fully saturated rings. The van der Waals surface area contributed by atoms with Crippen LogP contribution in [0.15, 0.2) is 42.5 Å². The number of carbonyl (C=O) groups excluding carboxylic acids is 3. The molecular formula is C30H41N2O6+. The molecule has 2 aromatic carbocycles. The van der Waals surface area contributed by atoms with Crippen molar-refractivity contribution < 1.29 is 33.1 Å². The smallest absolute Gasteiger partial charge is 0.362 e. The minimum Gasteiger partial charge on any atom is -0.497 e. The molecule has 1 aliphatic heterocycles. The summed E-state index contributed by atoms with van der Waals surface area (Å²) >= 11 is 0. The zero-order valence-electron chi connectivity index (χ0n) is 23.1. The van der Waals surface area contributed by atoms with E-state index in [1.165, 1.54) is 14.2 Å². The van der Waals surface area contributed by atoms with Crippen molar-refractivity contribution in [2.75, 3.05) is 39.2 Å². The Kier molecular flexibility index (Phi) is 10.7. The van der Waals surface area contributed by atoms with Crippen molar-refractivity contribution in [1.82, 2.24) is 0 Å². The minimum absolute atomic E-state index is 0.135. The van der Waals surface area contributed by atoms with Crippen molar-refractivity contribution in [3.63, 3.8) is 0 Å². The van der Waals surface area contributed by atoms with E-state index in [0.29, 0.717) is 27.9 Å². The highest BCUT2D eigenvalue weighted by Crippen LogP contribution is 2.31. The molecule has 0 aromatic heterocycles. The van der Waals surface area contributed by atoms with Crippen molar-refractivity contribution in [3.8, 4) is 5.75 Å². The lowest BCUT2D eigenvalue weighted by atomic mass is 10.0. The molecule has 1 N–H and O–H groups in total. The number of likely N-dealkylation sites (tertiary alicyclic amines) is 1. The van der Waals surface area contributed by atoms with Crippen LogP contribution in [0, 0.1) is 6.92 Å². The van der Waals surface area contributed by atoms with Gasteiger partial charge in [0, 0.05) is 6.42 Å². The summed E-state index contributed by atoms with van der Waals surface area (Å²) in [6.07, 6.45) is 5.42. The van der Waals surface area contributed by atoms with Gasteiger partial charge >= 0.3 is 11.9 Å². The molecule has 1 aliphatic rings. The zero-order valence-corrected chi connectivity index (χ0v) is 23.1. The molecule has 1 amide bonds. The number of nitrogens with one attached hydrogen (secondary N) is 1. The number of aryl methyl sites for hydroxylation is 1. The molecule has 1 saturated heterocycles. The fraction of sp³-hybridized carbons (Fsp3) is 0.500. The van der Waals surface area contributed by atoms with Crippen molar-refractivity contribution in [3.05, 3.63) is 59.2 Å². The van der Waals surface area contributed by atoms with E-state index in [1.54, 1.807) is 12.1 Å². The Morgan fingerprint density at radius 3 is 2.29 bits per heavy atom. The van der Waals surface area contributed by atoms with Gasteiger partial charge in [0.05, 0.1) is 38.6 Å². The maximum atomic E-state index is 14.0. The predicted octanol–water partition coefficient (Wildman–Crippen LogP) is 5.03. The molecule has 0 spiro atoms. The van der Waals surface area contributed by atoms with Crippen LogP contribution in [0.3, 0.4) is 0 Å². The number of hydrogen-bond donors (Lipinski definition) is 1. The van der Waals surface area contributed by atoms with Crippen molar-refractivity contribution in [2.24, 2.45) is 0 Å². The number of rotatable bonds is 11. The Morgan fingerprint density at radius 1 is 1.00 bits per heavy atom. The summed E-state index contributed by atoms with van der Waals surface area (Å²) in [7, 11) is 2.83. The van der Waals surface area contributed by atoms with E-state index in [2.05, 4.69) is 5.32 Å². The third kappa shape index (κ3) is 7.34. The number of benzene rings is 2. The third-order valence-corrected chi connectivity index (χ3v) is 7.37. The molecule has 0 aliphatic carbocycles. The van der Waals surface area contributed by atoms with Crippen LogP contribution in [-0.4, -0.2) is 62.2 Å². The van der Waals surface area contributed by atoms with Crippen LogP contribution >= 0.6 is 0 Å². The Morgan fingerprint density at radius 2 is 1.68 bits per heavy atom. The van der Waals surface area contributed by atoms with Gasteiger partial charge < -0.3 is 24.0 Å². The van der Waals surface area contributed by atoms with Crippen LogP contribution in [0.5, 0.6) is 5.75 Å². The van der Waals surface area contributed by atoms with Gasteiger partial charge in [-0.05, 0) is 62.3 Å². The van der Waals surface area contributed by atoms with Gasteiger partial charge in [-0.25, -0.2) is 9.59 Å². The van der Waals surface area contributed by atoms with Gasteiger partial charge in [-0.15, -0.1) is 0 Å². The summed E-state index contributed by atoms with van der Waals surface area (Å²) in [5, 5.41) is 3.04. The second-order valence-corrected chi connectivity index (χ2v) is 10.0. The lowest BCUT2D eigenvalue weighted by Crippen LogP contribution is -2.62. The number of hydrogen-bond acceptors (Lipinski definition) is 6. The van der Waals surface area contributed by atoms with Crippen LogP contribution in [0.4, 0.5) is 5.69 Å². The first-order valence-corrected chi connectivity index (χ1v) is 13.5. The number of anilines is 1. The summed E-state index contributed by atoms with van der Waals surface area (Å²) in [5.41, 5.74) is 2.26. The molecule has 2 aromatic rings. The van der Waals surface area contributed by atoms with E-state index < -0.39 is 12.0 Å². The number of amides is 1. The second kappa shape index (κ2) is 14.0. The van der Waals surface area contributed by atoms with Gasteiger partial charge in [0.15, 0.2) is 12.6 Å². The fourth-order valence-corrected chi connectivity index (χ4v) is 5.38. The van der Waals surface area contributed by atoms with Crippen LogP contribution in [0.1, 0.15) is 66.9 Å². The first-order valence-electron chi connectivity index (χ1n) is 13.5.